The molecule has 8 heteroatoms. The third kappa shape index (κ3) is 3.38. The van der Waals surface area contributed by atoms with Crippen molar-refractivity contribution in [3.05, 3.63) is 11.1 Å². The molecule has 0 aromatic heterocycles. The Bertz CT molecular complexity index is 676. The highest BCUT2D eigenvalue weighted by molar-refractivity contribution is 5.37. The normalized spacial score (nSPS) is 30.6. The molecule has 2 saturated carbocycles. The van der Waals surface area contributed by atoms with Crippen molar-refractivity contribution in [2.45, 2.75) is 75.9 Å². The summed E-state index contributed by atoms with van der Waals surface area (Å²) in [6.07, 6.45) is -7.93. The number of aliphatic hydroxyl groups excluding tert-OH is 1. The van der Waals surface area contributed by atoms with Crippen LogP contribution in [-0.2, 0) is 0 Å². The standard InChI is InChI=1S/C19H22F6O2/c1-11-10-13-12(4-2-5-14(13)26)15(11)16(8-9-16)6-3-7-17(27,18(20,21)22)19(23,24)25/h12-14,26-27H,2,4-6,8-10H2,1H3. The second kappa shape index (κ2) is 6.41. The minimum absolute atomic E-state index is 0.0847. The molecule has 0 radical (unpaired) electrons. The molecule has 2 fully saturated rings. The molecule has 3 aliphatic carbocycles. The fourth-order valence-electron chi connectivity index (χ4n) is 4.84. The maximum Gasteiger partial charge on any atom is 0.438 e. The van der Waals surface area contributed by atoms with E-state index < -0.39 is 29.5 Å². The van der Waals surface area contributed by atoms with Crippen LogP contribution in [0.5, 0.6) is 0 Å². The van der Waals surface area contributed by atoms with Crippen molar-refractivity contribution in [1.29, 1.82) is 0 Å². The van der Waals surface area contributed by atoms with Gasteiger partial charge in [-0.3, -0.25) is 0 Å². The summed E-state index contributed by atoms with van der Waals surface area (Å²) in [5.41, 5.74) is -3.38. The number of alkyl halides is 6. The van der Waals surface area contributed by atoms with Gasteiger partial charge in [-0.05, 0) is 56.8 Å². The molecule has 2 N–H and O–H groups in total. The lowest BCUT2D eigenvalue weighted by Gasteiger charge is -2.34. The first-order valence-electron chi connectivity index (χ1n) is 9.06. The second-order valence-electron chi connectivity index (χ2n) is 8.13. The van der Waals surface area contributed by atoms with E-state index in [2.05, 4.69) is 0 Å². The highest BCUT2D eigenvalue weighted by Crippen LogP contribution is 2.63. The molecular formula is C19H22F6O2. The molecule has 2 nitrogen and oxygen atoms in total. The van der Waals surface area contributed by atoms with Crippen LogP contribution < -0.4 is 0 Å². The van der Waals surface area contributed by atoms with Gasteiger partial charge < -0.3 is 10.2 Å². The van der Waals surface area contributed by atoms with Crippen LogP contribution in [0.15, 0.2) is 11.1 Å². The van der Waals surface area contributed by atoms with Crippen molar-refractivity contribution in [3.63, 3.8) is 0 Å². The van der Waals surface area contributed by atoms with Crippen LogP contribution in [0.1, 0.15) is 51.9 Å². The molecule has 0 heterocycles. The Morgan fingerprint density at radius 1 is 1.07 bits per heavy atom. The summed E-state index contributed by atoms with van der Waals surface area (Å²) >= 11 is 0. The molecule has 0 spiro atoms. The van der Waals surface area contributed by atoms with Crippen molar-refractivity contribution in [3.8, 4) is 11.8 Å². The fourth-order valence-corrected chi connectivity index (χ4v) is 4.84. The molecule has 0 aromatic carbocycles. The van der Waals surface area contributed by atoms with Crippen LogP contribution in [-0.4, -0.2) is 34.3 Å². The Balaban J connectivity index is 1.83. The lowest BCUT2D eigenvalue weighted by atomic mass is 9.72. The van der Waals surface area contributed by atoms with E-state index in [0.29, 0.717) is 19.3 Å². The Morgan fingerprint density at radius 3 is 2.19 bits per heavy atom. The van der Waals surface area contributed by atoms with Crippen molar-refractivity contribution in [2.24, 2.45) is 17.3 Å². The molecular weight excluding hydrogens is 374 g/mol. The van der Waals surface area contributed by atoms with Crippen molar-refractivity contribution < 1.29 is 36.6 Å². The van der Waals surface area contributed by atoms with E-state index in [1.165, 1.54) is 0 Å². The number of hydrogen-bond donors (Lipinski definition) is 2. The van der Waals surface area contributed by atoms with Crippen LogP contribution >= 0.6 is 0 Å². The SMILES string of the molecule is CC1=C(C2(CC#CC(O)(C(F)(F)F)C(F)(F)F)CC2)C2CCCC(O)C2C1. The Hall–Kier alpha value is -1.20. The quantitative estimate of drug-likeness (QED) is 0.410. The van der Waals surface area contributed by atoms with Gasteiger partial charge in [-0.15, -0.1) is 0 Å². The summed E-state index contributed by atoms with van der Waals surface area (Å²) in [5.74, 6) is 3.30. The van der Waals surface area contributed by atoms with E-state index in [1.54, 1.807) is 0 Å². The monoisotopic (exact) mass is 396 g/mol. The Kier molecular flexibility index (Phi) is 4.88. The topological polar surface area (TPSA) is 40.5 Å². The van der Waals surface area contributed by atoms with Gasteiger partial charge in [-0.2, -0.15) is 26.3 Å². The van der Waals surface area contributed by atoms with E-state index in [1.807, 2.05) is 12.8 Å². The number of allylic oxidation sites excluding steroid dienone is 2. The van der Waals surface area contributed by atoms with E-state index >= 15 is 0 Å². The minimum atomic E-state index is -5.92. The number of aliphatic hydroxyl groups is 2. The number of hydrogen-bond acceptors (Lipinski definition) is 2. The number of halogens is 6. The van der Waals surface area contributed by atoms with E-state index in [4.69, 9.17) is 0 Å². The van der Waals surface area contributed by atoms with E-state index in [-0.39, 0.29) is 18.3 Å². The molecule has 27 heavy (non-hydrogen) atoms. The minimum Gasteiger partial charge on any atom is -0.393 e. The van der Waals surface area contributed by atoms with Gasteiger partial charge in [-0.1, -0.05) is 23.5 Å². The van der Waals surface area contributed by atoms with Crippen molar-refractivity contribution in [1.82, 2.24) is 0 Å². The molecule has 3 atom stereocenters. The molecule has 3 rings (SSSR count). The van der Waals surface area contributed by atoms with Gasteiger partial charge in [-0.25, -0.2) is 0 Å². The highest BCUT2D eigenvalue weighted by atomic mass is 19.4. The third-order valence-electron chi connectivity index (χ3n) is 6.34. The predicted octanol–water partition coefficient (Wildman–Crippen LogP) is 4.51. The zero-order chi connectivity index (χ0) is 20.3. The zero-order valence-electron chi connectivity index (χ0n) is 14.8. The van der Waals surface area contributed by atoms with Crippen LogP contribution in [0.2, 0.25) is 0 Å². The van der Waals surface area contributed by atoms with Crippen molar-refractivity contribution >= 4 is 0 Å². The summed E-state index contributed by atoms with van der Waals surface area (Å²) in [6, 6.07) is 0. The molecule has 0 aromatic rings. The molecule has 3 aliphatic rings. The lowest BCUT2D eigenvalue weighted by molar-refractivity contribution is -0.343. The average molecular weight is 396 g/mol. The number of fused-ring (bicyclic) bond motifs is 1. The summed E-state index contributed by atoms with van der Waals surface area (Å²) < 4.78 is 76.5. The summed E-state index contributed by atoms with van der Waals surface area (Å²) in [7, 11) is 0. The van der Waals surface area contributed by atoms with Gasteiger partial charge in [0.05, 0.1) is 6.10 Å². The predicted molar refractivity (Wildman–Crippen MR) is 85.3 cm³/mol. The lowest BCUT2D eigenvalue weighted by Crippen LogP contribution is -2.55. The molecule has 0 amide bonds. The van der Waals surface area contributed by atoms with Crippen LogP contribution in [0.4, 0.5) is 26.3 Å². The molecule has 152 valence electrons. The van der Waals surface area contributed by atoms with Crippen LogP contribution in [0.3, 0.4) is 0 Å². The molecule has 0 bridgehead atoms. The van der Waals surface area contributed by atoms with Gasteiger partial charge >= 0.3 is 18.0 Å². The number of rotatable bonds is 2. The molecule has 0 saturated heterocycles. The third-order valence-corrected chi connectivity index (χ3v) is 6.34. The van der Waals surface area contributed by atoms with Gasteiger partial charge in [0.1, 0.15) is 0 Å². The fraction of sp³-hybridized carbons (Fsp3) is 0.789. The van der Waals surface area contributed by atoms with E-state index in [9.17, 15) is 36.6 Å². The average Bonchev–Trinajstić information content (AvgIpc) is 3.20. The highest BCUT2D eigenvalue weighted by Gasteiger charge is 2.70. The maximum absolute atomic E-state index is 12.8. The van der Waals surface area contributed by atoms with Gasteiger partial charge in [0, 0.05) is 11.8 Å². The Morgan fingerprint density at radius 2 is 1.67 bits per heavy atom. The molecule has 0 aliphatic heterocycles. The summed E-state index contributed by atoms with van der Waals surface area (Å²) in [5, 5.41) is 19.4. The first-order valence-corrected chi connectivity index (χ1v) is 9.06. The van der Waals surface area contributed by atoms with Gasteiger partial charge in [0.15, 0.2) is 0 Å². The van der Waals surface area contributed by atoms with Crippen LogP contribution in [0, 0.1) is 29.1 Å². The van der Waals surface area contributed by atoms with E-state index in [0.717, 1.165) is 36.3 Å². The smallest absolute Gasteiger partial charge is 0.393 e. The van der Waals surface area contributed by atoms with Gasteiger partial charge in [0.25, 0.3) is 0 Å². The summed E-state index contributed by atoms with van der Waals surface area (Å²) in [6.45, 7) is 1.93. The summed E-state index contributed by atoms with van der Waals surface area (Å²) in [4.78, 5) is 0. The van der Waals surface area contributed by atoms with Crippen LogP contribution in [0.25, 0.3) is 0 Å². The molecule has 3 unspecified atom stereocenters. The second-order valence-corrected chi connectivity index (χ2v) is 8.13. The first kappa shape index (κ1) is 20.5. The largest absolute Gasteiger partial charge is 0.438 e. The Labute approximate surface area is 153 Å². The first-order chi connectivity index (χ1) is 12.3. The van der Waals surface area contributed by atoms with Crippen molar-refractivity contribution in [2.75, 3.05) is 0 Å². The maximum atomic E-state index is 12.8. The van der Waals surface area contributed by atoms with Gasteiger partial charge in [0.2, 0.25) is 0 Å². The zero-order valence-corrected chi connectivity index (χ0v) is 14.8.